The topological polar surface area (TPSA) is 114 Å². The molecule has 0 saturated heterocycles. The van der Waals surface area contributed by atoms with E-state index in [1.54, 1.807) is 24.3 Å². The maximum atomic E-state index is 12.1. The number of nitrogens with one attached hydrogen (secondary N) is 2. The molecular formula is C14H13N5O3. The van der Waals surface area contributed by atoms with E-state index in [1.165, 1.54) is 0 Å². The number of amides is 1. The van der Waals surface area contributed by atoms with E-state index in [-0.39, 0.29) is 17.9 Å². The van der Waals surface area contributed by atoms with Crippen LogP contribution in [0.3, 0.4) is 0 Å². The van der Waals surface area contributed by atoms with Gasteiger partial charge in [-0.1, -0.05) is 19.1 Å². The van der Waals surface area contributed by atoms with Crippen molar-refractivity contribution in [1.82, 2.24) is 25.5 Å². The van der Waals surface area contributed by atoms with Crippen LogP contribution >= 0.6 is 0 Å². The van der Waals surface area contributed by atoms with E-state index in [4.69, 9.17) is 4.42 Å². The van der Waals surface area contributed by atoms with Crippen LogP contribution in [0.1, 0.15) is 29.3 Å². The lowest BCUT2D eigenvalue weighted by atomic mass is 10.2. The van der Waals surface area contributed by atoms with Crippen molar-refractivity contribution in [3.05, 3.63) is 52.2 Å². The smallest absolute Gasteiger partial charge is 0.287 e. The van der Waals surface area contributed by atoms with Gasteiger partial charge in [0.05, 0.1) is 17.4 Å². The van der Waals surface area contributed by atoms with Crippen LogP contribution in [0.4, 0.5) is 0 Å². The molecule has 2 N–H and O–H groups in total. The van der Waals surface area contributed by atoms with Crippen LogP contribution in [0.2, 0.25) is 0 Å². The van der Waals surface area contributed by atoms with Gasteiger partial charge in [0.1, 0.15) is 0 Å². The number of benzene rings is 1. The SMILES string of the molecule is CCc1nnc(CNC(=O)c2nc3ccccc3c(=O)[nH]2)o1. The molecule has 0 saturated carbocycles. The highest BCUT2D eigenvalue weighted by Crippen LogP contribution is 2.06. The van der Waals surface area contributed by atoms with Crippen molar-refractivity contribution in [2.45, 2.75) is 19.9 Å². The molecule has 0 unspecified atom stereocenters. The third-order valence-electron chi connectivity index (χ3n) is 3.04. The van der Waals surface area contributed by atoms with E-state index in [9.17, 15) is 9.59 Å². The molecule has 0 aliphatic rings. The van der Waals surface area contributed by atoms with E-state index in [1.807, 2.05) is 6.92 Å². The summed E-state index contributed by atoms with van der Waals surface area (Å²) in [5.41, 5.74) is 0.101. The molecular weight excluding hydrogens is 286 g/mol. The molecule has 2 aromatic heterocycles. The van der Waals surface area contributed by atoms with Crippen LogP contribution < -0.4 is 10.9 Å². The van der Waals surface area contributed by atoms with E-state index >= 15 is 0 Å². The van der Waals surface area contributed by atoms with E-state index in [0.717, 1.165) is 0 Å². The zero-order valence-corrected chi connectivity index (χ0v) is 11.8. The summed E-state index contributed by atoms with van der Waals surface area (Å²) in [6.07, 6.45) is 0.625. The molecule has 3 aromatic rings. The summed E-state index contributed by atoms with van der Waals surface area (Å²) in [5, 5.41) is 10.6. The summed E-state index contributed by atoms with van der Waals surface area (Å²) in [6.45, 7) is 1.96. The van der Waals surface area contributed by atoms with Gasteiger partial charge in [0.2, 0.25) is 11.8 Å². The first-order valence-electron chi connectivity index (χ1n) is 6.76. The summed E-state index contributed by atoms with van der Waals surface area (Å²) in [7, 11) is 0. The lowest BCUT2D eigenvalue weighted by Crippen LogP contribution is -2.27. The molecule has 22 heavy (non-hydrogen) atoms. The van der Waals surface area contributed by atoms with Gasteiger partial charge in [-0.3, -0.25) is 9.59 Å². The molecule has 8 heteroatoms. The van der Waals surface area contributed by atoms with Crippen LogP contribution in [-0.2, 0) is 13.0 Å². The monoisotopic (exact) mass is 299 g/mol. The molecule has 1 aromatic carbocycles. The Morgan fingerprint density at radius 3 is 2.82 bits per heavy atom. The van der Waals surface area contributed by atoms with Crippen molar-refractivity contribution in [2.24, 2.45) is 0 Å². The lowest BCUT2D eigenvalue weighted by Gasteiger charge is -2.03. The highest BCUT2D eigenvalue weighted by Gasteiger charge is 2.12. The Kier molecular flexibility index (Phi) is 3.65. The van der Waals surface area contributed by atoms with Crippen molar-refractivity contribution >= 4 is 16.8 Å². The van der Waals surface area contributed by atoms with Gasteiger partial charge in [-0.2, -0.15) is 0 Å². The van der Waals surface area contributed by atoms with Crippen molar-refractivity contribution < 1.29 is 9.21 Å². The van der Waals surface area contributed by atoms with Crippen LogP contribution in [0.15, 0.2) is 33.5 Å². The normalized spacial score (nSPS) is 10.8. The molecule has 0 atom stereocenters. The third-order valence-corrected chi connectivity index (χ3v) is 3.04. The van der Waals surface area contributed by atoms with Crippen LogP contribution in [0.25, 0.3) is 10.9 Å². The predicted molar refractivity (Wildman–Crippen MR) is 77.2 cm³/mol. The van der Waals surface area contributed by atoms with Crippen LogP contribution in [0, 0.1) is 0 Å². The molecule has 0 fully saturated rings. The van der Waals surface area contributed by atoms with Gasteiger partial charge in [-0.25, -0.2) is 4.98 Å². The number of hydrogen-bond donors (Lipinski definition) is 2. The number of carbonyl (C=O) groups is 1. The summed E-state index contributed by atoms with van der Waals surface area (Å²) in [6, 6.07) is 6.81. The lowest BCUT2D eigenvalue weighted by molar-refractivity contribution is 0.0936. The zero-order chi connectivity index (χ0) is 15.5. The number of nitrogens with zero attached hydrogens (tertiary/aromatic N) is 3. The Morgan fingerprint density at radius 2 is 2.05 bits per heavy atom. The average Bonchev–Trinajstić information content (AvgIpc) is 3.00. The average molecular weight is 299 g/mol. The van der Waals surface area contributed by atoms with Gasteiger partial charge in [0.15, 0.2) is 5.82 Å². The molecule has 0 aliphatic heterocycles. The van der Waals surface area contributed by atoms with E-state index in [0.29, 0.717) is 29.1 Å². The Bertz CT molecular complexity index is 883. The van der Waals surface area contributed by atoms with Crippen LogP contribution in [0.5, 0.6) is 0 Å². The molecule has 3 rings (SSSR count). The van der Waals surface area contributed by atoms with Crippen molar-refractivity contribution in [2.75, 3.05) is 0 Å². The molecule has 0 aliphatic carbocycles. The summed E-state index contributed by atoms with van der Waals surface area (Å²) in [5.74, 6) is 0.229. The Balaban J connectivity index is 1.78. The minimum absolute atomic E-state index is 0.0565. The van der Waals surface area contributed by atoms with Gasteiger partial charge in [-0.15, -0.1) is 10.2 Å². The standard InChI is InChI=1S/C14H13N5O3/c1-2-10-18-19-11(22-10)7-15-14(21)12-16-9-6-4-3-5-8(9)13(20)17-12/h3-6H,2,7H2,1H3,(H,15,21)(H,16,17,20). The fourth-order valence-electron chi connectivity index (χ4n) is 1.94. The fourth-order valence-corrected chi connectivity index (χ4v) is 1.94. The summed E-state index contributed by atoms with van der Waals surface area (Å²) >= 11 is 0. The predicted octanol–water partition coefficient (Wildman–Crippen LogP) is 0.798. The van der Waals surface area contributed by atoms with Gasteiger partial charge in [0, 0.05) is 6.42 Å². The molecule has 8 nitrogen and oxygen atoms in total. The van der Waals surface area contributed by atoms with Gasteiger partial charge in [-0.05, 0) is 12.1 Å². The first-order valence-corrected chi connectivity index (χ1v) is 6.76. The third kappa shape index (κ3) is 2.71. The number of hydrogen-bond acceptors (Lipinski definition) is 6. The van der Waals surface area contributed by atoms with Crippen molar-refractivity contribution in [1.29, 1.82) is 0 Å². The fraction of sp³-hybridized carbons (Fsp3) is 0.214. The number of fused-ring (bicyclic) bond motifs is 1. The molecule has 112 valence electrons. The summed E-state index contributed by atoms with van der Waals surface area (Å²) in [4.78, 5) is 30.6. The number of aryl methyl sites for hydroxylation is 1. The second kappa shape index (κ2) is 5.76. The Hall–Kier alpha value is -3.03. The van der Waals surface area contributed by atoms with E-state index < -0.39 is 5.91 Å². The minimum Gasteiger partial charge on any atom is -0.423 e. The van der Waals surface area contributed by atoms with Crippen LogP contribution in [-0.4, -0.2) is 26.1 Å². The molecule has 1 amide bonds. The van der Waals surface area contributed by atoms with Gasteiger partial charge >= 0.3 is 0 Å². The largest absolute Gasteiger partial charge is 0.423 e. The number of rotatable bonds is 4. The maximum Gasteiger partial charge on any atom is 0.287 e. The van der Waals surface area contributed by atoms with Gasteiger partial charge < -0.3 is 14.7 Å². The van der Waals surface area contributed by atoms with Crippen molar-refractivity contribution in [3.8, 4) is 0 Å². The zero-order valence-electron chi connectivity index (χ0n) is 11.8. The maximum absolute atomic E-state index is 12.1. The van der Waals surface area contributed by atoms with Gasteiger partial charge in [0.25, 0.3) is 11.5 Å². The number of carbonyl (C=O) groups excluding carboxylic acids is 1. The number of H-pyrrole nitrogens is 1. The number of aromatic nitrogens is 4. The van der Waals surface area contributed by atoms with Crippen molar-refractivity contribution in [3.63, 3.8) is 0 Å². The first kappa shape index (κ1) is 13.9. The van der Waals surface area contributed by atoms with E-state index in [2.05, 4.69) is 25.5 Å². The molecule has 0 spiro atoms. The highest BCUT2D eigenvalue weighted by molar-refractivity contribution is 5.92. The Labute approximate surface area is 124 Å². The highest BCUT2D eigenvalue weighted by atomic mass is 16.4. The second-order valence-electron chi connectivity index (χ2n) is 4.56. The summed E-state index contributed by atoms with van der Waals surface area (Å²) < 4.78 is 5.28. The second-order valence-corrected chi connectivity index (χ2v) is 4.56. The molecule has 0 bridgehead atoms. The minimum atomic E-state index is -0.515. The molecule has 2 heterocycles. The quantitative estimate of drug-likeness (QED) is 0.736. The number of para-hydroxylation sites is 1. The first-order chi connectivity index (χ1) is 10.7. The molecule has 0 radical (unpaired) electrons. The Morgan fingerprint density at radius 1 is 1.27 bits per heavy atom. The number of aromatic amines is 1.